The lowest BCUT2D eigenvalue weighted by atomic mass is 10.0. The Morgan fingerprint density at radius 1 is 1.37 bits per heavy atom. The number of carbonyl (C=O) groups excluding carboxylic acids is 1. The fourth-order valence-corrected chi connectivity index (χ4v) is 3.58. The van der Waals surface area contributed by atoms with Crippen molar-refractivity contribution in [1.29, 1.82) is 0 Å². The second kappa shape index (κ2) is 7.91. The summed E-state index contributed by atoms with van der Waals surface area (Å²) in [6, 6.07) is 6.44. The first-order chi connectivity index (χ1) is 14.3. The van der Waals surface area contributed by atoms with Gasteiger partial charge in [-0.1, -0.05) is 18.9 Å². The standard InChI is InChI=1S/C21H26FN7O/c1-11(23)17(8-12-6-7-12)27-21-15(22)9-13(19(24)30)20(28-21)26-16-4-3-5-18-14(16)10-25-29(18)2/h3-5,9-12,17H,6-8,23H2,1-2H3,(H2,24,30)(H2,26,27,28)/t11-,17+/m0/s1. The van der Waals surface area contributed by atoms with Gasteiger partial charge in [0.05, 0.1) is 23.0 Å². The van der Waals surface area contributed by atoms with Crippen molar-refractivity contribution in [2.45, 2.75) is 38.3 Å². The van der Waals surface area contributed by atoms with E-state index in [4.69, 9.17) is 11.5 Å². The summed E-state index contributed by atoms with van der Waals surface area (Å²) in [6.45, 7) is 1.89. The zero-order valence-electron chi connectivity index (χ0n) is 17.0. The minimum Gasteiger partial charge on any atom is -0.365 e. The molecule has 158 valence electrons. The zero-order chi connectivity index (χ0) is 21.4. The van der Waals surface area contributed by atoms with Gasteiger partial charge < -0.3 is 22.1 Å². The van der Waals surface area contributed by atoms with Crippen molar-refractivity contribution in [2.24, 2.45) is 24.4 Å². The lowest BCUT2D eigenvalue weighted by molar-refractivity contribution is 0.100. The highest BCUT2D eigenvalue weighted by Crippen LogP contribution is 2.35. The predicted octanol–water partition coefficient (Wildman–Crippen LogP) is 2.88. The number of aryl methyl sites for hydroxylation is 1. The largest absolute Gasteiger partial charge is 0.365 e. The van der Waals surface area contributed by atoms with Crippen LogP contribution in [-0.4, -0.2) is 32.8 Å². The fourth-order valence-electron chi connectivity index (χ4n) is 3.58. The summed E-state index contributed by atoms with van der Waals surface area (Å²) in [7, 11) is 1.84. The third kappa shape index (κ3) is 4.06. The van der Waals surface area contributed by atoms with E-state index in [0.717, 1.165) is 23.4 Å². The second-order valence-electron chi connectivity index (χ2n) is 8.00. The van der Waals surface area contributed by atoms with Gasteiger partial charge in [-0.05, 0) is 37.5 Å². The molecule has 0 bridgehead atoms. The van der Waals surface area contributed by atoms with Crippen molar-refractivity contribution in [3.05, 3.63) is 41.8 Å². The molecule has 0 saturated heterocycles. The van der Waals surface area contributed by atoms with Gasteiger partial charge in [-0.15, -0.1) is 0 Å². The molecule has 1 aliphatic rings. The molecule has 1 amide bonds. The number of hydrogen-bond donors (Lipinski definition) is 4. The highest BCUT2D eigenvalue weighted by Gasteiger charge is 2.28. The molecule has 8 nitrogen and oxygen atoms in total. The fraction of sp³-hybridized carbons (Fsp3) is 0.381. The molecule has 0 spiro atoms. The molecule has 6 N–H and O–H groups in total. The lowest BCUT2D eigenvalue weighted by Crippen LogP contribution is -2.39. The van der Waals surface area contributed by atoms with Gasteiger partial charge >= 0.3 is 0 Å². The normalized spacial score (nSPS) is 15.7. The molecule has 0 radical (unpaired) electrons. The molecule has 1 saturated carbocycles. The third-order valence-electron chi connectivity index (χ3n) is 5.53. The molecule has 3 aromatic rings. The second-order valence-corrected chi connectivity index (χ2v) is 8.00. The number of benzene rings is 1. The van der Waals surface area contributed by atoms with Crippen LogP contribution in [0.25, 0.3) is 10.9 Å². The Bertz CT molecular complexity index is 1090. The molecule has 30 heavy (non-hydrogen) atoms. The van der Waals surface area contributed by atoms with Crippen molar-refractivity contribution < 1.29 is 9.18 Å². The summed E-state index contributed by atoms with van der Waals surface area (Å²) < 4.78 is 16.5. The van der Waals surface area contributed by atoms with Crippen LogP contribution in [0, 0.1) is 11.7 Å². The average Bonchev–Trinajstić information content (AvgIpc) is 3.44. The number of primary amides is 1. The van der Waals surface area contributed by atoms with E-state index in [0.29, 0.717) is 11.6 Å². The summed E-state index contributed by atoms with van der Waals surface area (Å²) in [5.41, 5.74) is 13.2. The van der Waals surface area contributed by atoms with Crippen LogP contribution in [0.3, 0.4) is 0 Å². The van der Waals surface area contributed by atoms with E-state index >= 15 is 0 Å². The number of hydrogen-bond acceptors (Lipinski definition) is 6. The summed E-state index contributed by atoms with van der Waals surface area (Å²) in [5, 5.41) is 11.4. The smallest absolute Gasteiger partial charge is 0.252 e. The molecule has 1 aliphatic carbocycles. The average molecular weight is 411 g/mol. The number of nitrogens with two attached hydrogens (primary N) is 2. The Balaban J connectivity index is 1.70. The van der Waals surface area contributed by atoms with Gasteiger partial charge in [0.25, 0.3) is 5.91 Å². The maximum Gasteiger partial charge on any atom is 0.252 e. The van der Waals surface area contributed by atoms with Crippen LogP contribution in [0.4, 0.5) is 21.7 Å². The number of amides is 1. The summed E-state index contributed by atoms with van der Waals surface area (Å²) in [6.07, 6.45) is 4.91. The van der Waals surface area contributed by atoms with Gasteiger partial charge in [0.1, 0.15) is 5.82 Å². The van der Waals surface area contributed by atoms with Gasteiger partial charge in [-0.2, -0.15) is 5.10 Å². The summed E-state index contributed by atoms with van der Waals surface area (Å²) >= 11 is 0. The third-order valence-corrected chi connectivity index (χ3v) is 5.53. The maximum absolute atomic E-state index is 14.7. The summed E-state index contributed by atoms with van der Waals surface area (Å²) in [5.74, 6) is -0.574. The Morgan fingerprint density at radius 2 is 2.13 bits per heavy atom. The Morgan fingerprint density at radius 3 is 2.80 bits per heavy atom. The van der Waals surface area contributed by atoms with Crippen LogP contribution in [0.5, 0.6) is 0 Å². The Kier molecular flexibility index (Phi) is 5.29. The highest BCUT2D eigenvalue weighted by molar-refractivity contribution is 6.00. The van der Waals surface area contributed by atoms with E-state index in [1.54, 1.807) is 10.9 Å². The van der Waals surface area contributed by atoms with Crippen LogP contribution in [0.15, 0.2) is 30.5 Å². The molecular weight excluding hydrogens is 385 g/mol. The Hall–Kier alpha value is -3.20. The van der Waals surface area contributed by atoms with Crippen LogP contribution in [-0.2, 0) is 7.05 Å². The number of pyridine rings is 1. The first-order valence-electron chi connectivity index (χ1n) is 10.0. The number of rotatable bonds is 8. The number of nitrogens with zero attached hydrogens (tertiary/aromatic N) is 3. The molecule has 0 unspecified atom stereocenters. The SMILES string of the molecule is C[C@H](N)[C@@H](CC1CC1)Nc1nc(Nc2cccc3c2cnn3C)c(C(N)=O)cc1F. The topological polar surface area (TPSA) is 124 Å². The van der Waals surface area contributed by atoms with Crippen molar-refractivity contribution in [2.75, 3.05) is 10.6 Å². The quantitative estimate of drug-likeness (QED) is 0.452. The molecule has 2 heterocycles. The molecule has 2 atom stereocenters. The van der Waals surface area contributed by atoms with Crippen molar-refractivity contribution in [3.8, 4) is 0 Å². The molecule has 2 aromatic heterocycles. The van der Waals surface area contributed by atoms with E-state index in [9.17, 15) is 9.18 Å². The summed E-state index contributed by atoms with van der Waals surface area (Å²) in [4.78, 5) is 16.3. The van der Waals surface area contributed by atoms with E-state index in [1.165, 1.54) is 12.8 Å². The number of fused-ring (bicyclic) bond motifs is 1. The molecule has 0 aliphatic heterocycles. The number of nitrogens with one attached hydrogen (secondary N) is 2. The van der Waals surface area contributed by atoms with Crippen LogP contribution < -0.4 is 22.1 Å². The van der Waals surface area contributed by atoms with Crippen LogP contribution >= 0.6 is 0 Å². The van der Waals surface area contributed by atoms with Gasteiger partial charge in [-0.3, -0.25) is 9.48 Å². The minimum atomic E-state index is -0.768. The van der Waals surface area contributed by atoms with Crippen LogP contribution in [0.2, 0.25) is 0 Å². The van der Waals surface area contributed by atoms with Crippen molar-refractivity contribution in [1.82, 2.24) is 14.8 Å². The number of aromatic nitrogens is 3. The van der Waals surface area contributed by atoms with Gasteiger partial charge in [0.2, 0.25) is 0 Å². The van der Waals surface area contributed by atoms with E-state index < -0.39 is 11.7 Å². The first kappa shape index (κ1) is 20.1. The first-order valence-corrected chi connectivity index (χ1v) is 10.0. The molecular formula is C21H26FN7O. The predicted molar refractivity (Wildman–Crippen MR) is 115 cm³/mol. The number of halogens is 1. The van der Waals surface area contributed by atoms with E-state index in [-0.39, 0.29) is 29.3 Å². The lowest BCUT2D eigenvalue weighted by Gasteiger charge is -2.24. The van der Waals surface area contributed by atoms with Gasteiger partial charge in [0, 0.05) is 24.5 Å². The number of anilines is 3. The highest BCUT2D eigenvalue weighted by atomic mass is 19.1. The van der Waals surface area contributed by atoms with Gasteiger partial charge in [-0.25, -0.2) is 9.37 Å². The zero-order valence-corrected chi connectivity index (χ0v) is 17.0. The van der Waals surface area contributed by atoms with Crippen molar-refractivity contribution >= 4 is 34.1 Å². The van der Waals surface area contributed by atoms with Gasteiger partial charge in [0.15, 0.2) is 11.6 Å². The molecule has 1 fully saturated rings. The van der Waals surface area contributed by atoms with Crippen molar-refractivity contribution in [3.63, 3.8) is 0 Å². The molecule has 1 aromatic carbocycles. The molecule has 4 rings (SSSR count). The van der Waals surface area contributed by atoms with Crippen LogP contribution in [0.1, 0.15) is 36.5 Å². The maximum atomic E-state index is 14.7. The Labute approximate surface area is 173 Å². The number of carbonyl (C=O) groups is 1. The monoisotopic (exact) mass is 411 g/mol. The minimum absolute atomic E-state index is 0.0292. The van der Waals surface area contributed by atoms with E-state index in [2.05, 4.69) is 20.7 Å². The van der Waals surface area contributed by atoms with E-state index in [1.807, 2.05) is 32.2 Å². The molecule has 9 heteroatoms.